The molecule has 76 heavy (non-hydrogen) atoms. The number of carboxylic acids is 1. The molecule has 2 heterocycles. The van der Waals surface area contributed by atoms with Crippen molar-refractivity contribution in [2.24, 2.45) is 34.8 Å². The predicted octanol–water partition coefficient (Wildman–Crippen LogP) is -2.16. The van der Waals surface area contributed by atoms with E-state index in [1.54, 1.807) is 20.8 Å². The van der Waals surface area contributed by atoms with Gasteiger partial charge in [-0.1, -0.05) is 46.2 Å². The fourth-order valence-corrected chi connectivity index (χ4v) is 9.18. The minimum Gasteiger partial charge on any atom is -0.508 e. The number of amides is 9. The second-order valence-corrected chi connectivity index (χ2v) is 20.3. The standard InChI is InChI=1S/C51H84N12O13/c1-6-29(4)41(50(74)63-26-12-16-38(63)46(70)58-36(51(75)76)27-31-17-19-32(65)20-18-31)60-47(71)40(28(2)3)59-43(67)35(14-8-10-24-53)57-48(72)42(30(5)64)61-44(68)34(13-7-9-23-52)56-45(69)37-15-11-25-62(37)49(73)33(54)21-22-39(55)66/h17-20,28-30,33-38,40-42,64-65H,6-16,21-27,52-54H2,1-5H3,(H2,55,66)(H,56,69)(H,57,72)(H,58,70)(H,59,67)(H,60,71)(H,61,68)(H,75,76)/t29-,30+,33-,34-,35-,36-,37-,38-,40-,41-,42-/m0/s1. The zero-order valence-electron chi connectivity index (χ0n) is 44.6. The fraction of sp³-hybridized carbons (Fsp3) is 0.686. The van der Waals surface area contributed by atoms with Gasteiger partial charge in [-0.05, 0) is 120 Å². The van der Waals surface area contributed by atoms with Crippen molar-refractivity contribution < 1.29 is 63.3 Å². The monoisotopic (exact) mass is 1070 g/mol. The SMILES string of the molecule is CC[C@H](C)[C@H](NC(=O)[C@@H](NC(=O)[C@H](CCCCN)NC(=O)[C@@H](NC(=O)[C@H](CCCCN)NC(=O)[C@@H]1CCCN1C(=O)[C@@H](N)CCC(N)=O)[C@@H](C)O)C(C)C)C(=O)N1CCC[C@H]1C(=O)N[C@@H](Cc1ccc(O)cc1)C(=O)O. The molecule has 17 N–H and O–H groups in total. The van der Waals surface area contributed by atoms with E-state index in [9.17, 15) is 63.3 Å². The highest BCUT2D eigenvalue weighted by molar-refractivity contribution is 5.98. The second-order valence-electron chi connectivity index (χ2n) is 20.3. The van der Waals surface area contributed by atoms with Gasteiger partial charge in [-0.3, -0.25) is 43.2 Å². The first-order valence-electron chi connectivity index (χ1n) is 26.5. The Morgan fingerprint density at radius 1 is 0.632 bits per heavy atom. The van der Waals surface area contributed by atoms with E-state index in [-0.39, 0.29) is 76.9 Å². The normalized spacial score (nSPS) is 18.9. The molecule has 0 radical (unpaired) electrons. The van der Waals surface area contributed by atoms with Crippen LogP contribution < -0.4 is 54.8 Å². The minimum absolute atomic E-state index is 0.0112. The average molecular weight is 1070 g/mol. The first-order chi connectivity index (χ1) is 35.9. The van der Waals surface area contributed by atoms with Gasteiger partial charge in [0.1, 0.15) is 54.1 Å². The number of aliphatic hydroxyl groups is 1. The molecular formula is C51H84N12O13. The third-order valence-electron chi connectivity index (χ3n) is 13.9. The van der Waals surface area contributed by atoms with E-state index in [1.165, 1.54) is 41.0 Å². The van der Waals surface area contributed by atoms with E-state index in [2.05, 4.69) is 31.9 Å². The summed E-state index contributed by atoms with van der Waals surface area (Å²) in [5, 5.41) is 46.4. The molecule has 25 nitrogen and oxygen atoms in total. The molecule has 1 aromatic carbocycles. The molecule has 2 aliphatic heterocycles. The number of phenols is 1. The number of likely N-dealkylation sites (tertiary alicyclic amines) is 2. The van der Waals surface area contributed by atoms with Crippen LogP contribution in [-0.2, 0) is 54.4 Å². The second kappa shape index (κ2) is 31.6. The summed E-state index contributed by atoms with van der Waals surface area (Å²) in [5.41, 5.74) is 23.3. The van der Waals surface area contributed by atoms with Gasteiger partial charge >= 0.3 is 5.97 Å². The molecule has 1 aromatic rings. The van der Waals surface area contributed by atoms with Gasteiger partial charge < -0.3 is 80.0 Å². The largest absolute Gasteiger partial charge is 0.508 e. The Bertz CT molecular complexity index is 2150. The zero-order chi connectivity index (χ0) is 56.8. The van der Waals surface area contributed by atoms with Crippen molar-refractivity contribution in [1.82, 2.24) is 41.7 Å². The van der Waals surface area contributed by atoms with E-state index in [4.69, 9.17) is 22.9 Å². The topological polar surface area (TPSA) is 414 Å². The molecule has 0 spiro atoms. The number of carboxylic acid groups (broad SMARTS) is 1. The lowest BCUT2D eigenvalue weighted by Crippen LogP contribution is -2.62. The number of nitrogens with zero attached hydrogens (tertiary/aromatic N) is 2. The summed E-state index contributed by atoms with van der Waals surface area (Å²) in [5.74, 6) is -8.81. The Labute approximate surface area is 444 Å². The molecule has 11 atom stereocenters. The van der Waals surface area contributed by atoms with Crippen LogP contribution in [0.4, 0.5) is 0 Å². The quantitative estimate of drug-likeness (QED) is 0.0342. The molecule has 0 unspecified atom stereocenters. The van der Waals surface area contributed by atoms with Crippen molar-refractivity contribution in [2.45, 2.75) is 185 Å². The van der Waals surface area contributed by atoms with Crippen LogP contribution in [0.25, 0.3) is 0 Å². The van der Waals surface area contributed by atoms with Gasteiger partial charge in [0.15, 0.2) is 0 Å². The van der Waals surface area contributed by atoms with Crippen molar-refractivity contribution in [3.63, 3.8) is 0 Å². The number of phenolic OH excluding ortho intramolecular Hbond substituents is 1. The molecule has 0 aromatic heterocycles. The van der Waals surface area contributed by atoms with Gasteiger partial charge in [-0.15, -0.1) is 0 Å². The molecule has 0 bridgehead atoms. The Balaban J connectivity index is 1.79. The number of aromatic hydroxyl groups is 1. The number of hydrogen-bond acceptors (Lipinski definition) is 15. The molecule has 25 heteroatoms. The van der Waals surface area contributed by atoms with Crippen molar-refractivity contribution in [3.8, 4) is 5.75 Å². The highest BCUT2D eigenvalue weighted by Gasteiger charge is 2.42. The number of aliphatic carboxylic acids is 1. The van der Waals surface area contributed by atoms with Crippen molar-refractivity contribution in [1.29, 1.82) is 0 Å². The molecule has 2 saturated heterocycles. The molecule has 0 aliphatic carbocycles. The molecule has 0 saturated carbocycles. The molecule has 9 amide bonds. The summed E-state index contributed by atoms with van der Waals surface area (Å²) in [6, 6.07) is -5.28. The summed E-state index contributed by atoms with van der Waals surface area (Å²) in [7, 11) is 0. The first kappa shape index (κ1) is 63.8. The molecular weight excluding hydrogens is 989 g/mol. The van der Waals surface area contributed by atoms with Crippen LogP contribution in [0.5, 0.6) is 5.75 Å². The van der Waals surface area contributed by atoms with E-state index in [0.29, 0.717) is 50.5 Å². The van der Waals surface area contributed by atoms with Crippen LogP contribution in [0.2, 0.25) is 0 Å². The van der Waals surface area contributed by atoms with Crippen LogP contribution in [0, 0.1) is 11.8 Å². The van der Waals surface area contributed by atoms with Crippen molar-refractivity contribution >= 4 is 59.1 Å². The highest BCUT2D eigenvalue weighted by Crippen LogP contribution is 2.24. The van der Waals surface area contributed by atoms with Gasteiger partial charge in [-0.25, -0.2) is 4.79 Å². The number of nitrogens with one attached hydrogen (secondary N) is 6. The molecule has 426 valence electrons. The van der Waals surface area contributed by atoms with Crippen LogP contribution in [0.1, 0.15) is 124 Å². The van der Waals surface area contributed by atoms with Gasteiger partial charge in [0.05, 0.1) is 12.1 Å². The van der Waals surface area contributed by atoms with Gasteiger partial charge in [-0.2, -0.15) is 0 Å². The number of carbonyl (C=O) groups is 10. The van der Waals surface area contributed by atoms with Gasteiger partial charge in [0.25, 0.3) is 0 Å². The summed E-state index contributed by atoms with van der Waals surface area (Å²) < 4.78 is 0. The van der Waals surface area contributed by atoms with Crippen LogP contribution >= 0.6 is 0 Å². The number of aliphatic hydroxyl groups excluding tert-OH is 1. The maximum atomic E-state index is 14.4. The zero-order valence-corrected chi connectivity index (χ0v) is 44.6. The molecule has 2 aliphatic rings. The first-order valence-corrected chi connectivity index (χ1v) is 26.5. The predicted molar refractivity (Wildman–Crippen MR) is 279 cm³/mol. The number of benzene rings is 1. The van der Waals surface area contributed by atoms with Crippen molar-refractivity contribution in [3.05, 3.63) is 29.8 Å². The number of unbranched alkanes of at least 4 members (excludes halogenated alkanes) is 2. The van der Waals surface area contributed by atoms with Crippen LogP contribution in [0.15, 0.2) is 24.3 Å². The Morgan fingerprint density at radius 3 is 1.58 bits per heavy atom. The summed E-state index contributed by atoms with van der Waals surface area (Å²) in [6.45, 7) is 9.02. The lowest BCUT2D eigenvalue weighted by atomic mass is 9.95. The van der Waals surface area contributed by atoms with E-state index in [0.717, 1.165) is 0 Å². The molecule has 3 rings (SSSR count). The van der Waals surface area contributed by atoms with E-state index >= 15 is 0 Å². The van der Waals surface area contributed by atoms with E-state index < -0.39 is 131 Å². The number of primary amides is 1. The van der Waals surface area contributed by atoms with Gasteiger partial charge in [0, 0.05) is 25.9 Å². The third kappa shape index (κ3) is 19.3. The summed E-state index contributed by atoms with van der Waals surface area (Å²) in [6.07, 6.45) is 1.76. The van der Waals surface area contributed by atoms with E-state index in [1.807, 2.05) is 6.92 Å². The molecule has 2 fully saturated rings. The maximum absolute atomic E-state index is 14.4. The third-order valence-corrected chi connectivity index (χ3v) is 13.9. The Hall–Kier alpha value is -6.44. The highest BCUT2D eigenvalue weighted by atomic mass is 16.4. The number of nitrogens with two attached hydrogens (primary N) is 4. The van der Waals surface area contributed by atoms with Crippen LogP contribution in [0.3, 0.4) is 0 Å². The Morgan fingerprint density at radius 2 is 1.11 bits per heavy atom. The van der Waals surface area contributed by atoms with Crippen molar-refractivity contribution in [2.75, 3.05) is 26.2 Å². The summed E-state index contributed by atoms with van der Waals surface area (Å²) in [4.78, 5) is 138. The maximum Gasteiger partial charge on any atom is 0.326 e. The Kier molecular flexibility index (Phi) is 26.5. The lowest BCUT2D eigenvalue weighted by Gasteiger charge is -2.33. The minimum atomic E-state index is -1.66. The fourth-order valence-electron chi connectivity index (χ4n) is 9.18. The lowest BCUT2D eigenvalue weighted by molar-refractivity contribution is -0.145. The summed E-state index contributed by atoms with van der Waals surface area (Å²) >= 11 is 0. The number of carbonyl (C=O) groups excluding carboxylic acids is 9. The number of hydrogen-bond donors (Lipinski definition) is 13. The smallest absolute Gasteiger partial charge is 0.326 e. The van der Waals surface area contributed by atoms with Gasteiger partial charge in [0.2, 0.25) is 53.2 Å². The number of rotatable bonds is 32. The van der Waals surface area contributed by atoms with Crippen LogP contribution in [-0.4, -0.2) is 171 Å². The average Bonchev–Trinajstić information content (AvgIpc) is 4.08.